The minimum Gasteiger partial charge on any atom is -0.264 e. The van der Waals surface area contributed by atoms with Crippen LogP contribution in [0.5, 0.6) is 0 Å². The summed E-state index contributed by atoms with van der Waals surface area (Å²) in [5, 5.41) is 2.81. The Morgan fingerprint density at radius 2 is 1.82 bits per heavy atom. The molecule has 0 saturated heterocycles. The summed E-state index contributed by atoms with van der Waals surface area (Å²) in [6, 6.07) is 11.7. The van der Waals surface area contributed by atoms with E-state index in [1.54, 1.807) is 12.4 Å². The van der Waals surface area contributed by atoms with Crippen LogP contribution in [0.2, 0.25) is 5.02 Å². The Balaban J connectivity index is 2.35. The van der Waals surface area contributed by atoms with Crippen LogP contribution in [0.3, 0.4) is 0 Å². The number of fused-ring (bicyclic) bond motifs is 1. The normalized spacial score (nSPS) is 10.6. The van der Waals surface area contributed by atoms with Gasteiger partial charge in [-0.05, 0) is 24.3 Å². The van der Waals surface area contributed by atoms with E-state index >= 15 is 0 Å². The quantitative estimate of drug-likeness (QED) is 0.644. The number of aromatic nitrogens is 2. The molecule has 0 fully saturated rings. The summed E-state index contributed by atoms with van der Waals surface area (Å²) >= 11 is 6.17. The van der Waals surface area contributed by atoms with Gasteiger partial charge in [0.2, 0.25) is 0 Å². The van der Waals surface area contributed by atoms with E-state index in [0.29, 0.717) is 0 Å². The third kappa shape index (κ3) is 1.77. The maximum absolute atomic E-state index is 6.17. The standard InChI is InChI=1S/C14H9ClN2/c15-13-5-1-4-12-11(13)6-8-17-14(12)10-3-2-7-16-9-10/h1-9H. The number of rotatable bonds is 1. The van der Waals surface area contributed by atoms with Gasteiger partial charge in [-0.15, -0.1) is 0 Å². The predicted molar refractivity (Wildman–Crippen MR) is 70.0 cm³/mol. The highest BCUT2D eigenvalue weighted by Crippen LogP contribution is 2.29. The molecule has 0 unspecified atom stereocenters. The first kappa shape index (κ1) is 10.2. The van der Waals surface area contributed by atoms with Gasteiger partial charge < -0.3 is 0 Å². The minimum atomic E-state index is 0.745. The third-order valence-electron chi connectivity index (χ3n) is 2.69. The molecule has 17 heavy (non-hydrogen) atoms. The van der Waals surface area contributed by atoms with E-state index in [1.165, 1.54) is 0 Å². The Kier molecular flexibility index (Phi) is 2.50. The molecule has 1 aromatic carbocycles. The molecule has 0 radical (unpaired) electrons. The first-order chi connectivity index (χ1) is 8.36. The van der Waals surface area contributed by atoms with Crippen molar-refractivity contribution in [1.29, 1.82) is 0 Å². The van der Waals surface area contributed by atoms with Crippen molar-refractivity contribution in [1.82, 2.24) is 9.97 Å². The number of hydrogen-bond acceptors (Lipinski definition) is 2. The van der Waals surface area contributed by atoms with Crippen LogP contribution in [-0.4, -0.2) is 9.97 Å². The van der Waals surface area contributed by atoms with Crippen molar-refractivity contribution in [3.63, 3.8) is 0 Å². The minimum absolute atomic E-state index is 0.745. The van der Waals surface area contributed by atoms with Crippen molar-refractivity contribution in [2.24, 2.45) is 0 Å². The van der Waals surface area contributed by atoms with Crippen molar-refractivity contribution in [2.45, 2.75) is 0 Å². The highest BCUT2D eigenvalue weighted by Gasteiger charge is 2.06. The second kappa shape index (κ2) is 4.15. The zero-order valence-corrected chi connectivity index (χ0v) is 9.72. The van der Waals surface area contributed by atoms with Gasteiger partial charge in [-0.25, -0.2) is 0 Å². The lowest BCUT2D eigenvalue weighted by Crippen LogP contribution is -1.86. The van der Waals surface area contributed by atoms with E-state index in [-0.39, 0.29) is 0 Å². The molecule has 3 aromatic rings. The molecule has 0 atom stereocenters. The molecule has 2 heterocycles. The lowest BCUT2D eigenvalue weighted by Gasteiger charge is -2.06. The SMILES string of the molecule is Clc1cccc2c(-c3cccnc3)nccc12. The second-order valence-corrected chi connectivity index (χ2v) is 4.14. The van der Waals surface area contributed by atoms with E-state index in [4.69, 9.17) is 11.6 Å². The summed E-state index contributed by atoms with van der Waals surface area (Å²) in [5.41, 5.74) is 1.92. The molecular formula is C14H9ClN2. The second-order valence-electron chi connectivity index (χ2n) is 3.74. The Morgan fingerprint density at radius 1 is 0.882 bits per heavy atom. The molecule has 3 heteroatoms. The largest absolute Gasteiger partial charge is 0.264 e. The molecule has 2 nitrogen and oxygen atoms in total. The van der Waals surface area contributed by atoms with Gasteiger partial charge in [0.25, 0.3) is 0 Å². The van der Waals surface area contributed by atoms with Crippen molar-refractivity contribution < 1.29 is 0 Å². The topological polar surface area (TPSA) is 25.8 Å². The van der Waals surface area contributed by atoms with E-state index in [0.717, 1.165) is 27.1 Å². The van der Waals surface area contributed by atoms with Crippen molar-refractivity contribution >= 4 is 22.4 Å². The lowest BCUT2D eigenvalue weighted by atomic mass is 10.1. The molecule has 0 amide bonds. The summed E-state index contributed by atoms with van der Waals surface area (Å²) in [6.45, 7) is 0. The summed E-state index contributed by atoms with van der Waals surface area (Å²) < 4.78 is 0. The highest BCUT2D eigenvalue weighted by molar-refractivity contribution is 6.35. The molecular weight excluding hydrogens is 232 g/mol. The summed E-state index contributed by atoms with van der Waals surface area (Å²) in [5.74, 6) is 0. The van der Waals surface area contributed by atoms with Gasteiger partial charge in [0.1, 0.15) is 0 Å². The highest BCUT2D eigenvalue weighted by atomic mass is 35.5. The average molecular weight is 241 g/mol. The Morgan fingerprint density at radius 3 is 2.65 bits per heavy atom. The molecule has 0 aliphatic heterocycles. The van der Waals surface area contributed by atoms with Crippen LogP contribution in [0, 0.1) is 0 Å². The number of hydrogen-bond donors (Lipinski definition) is 0. The van der Waals surface area contributed by atoms with E-state index in [1.807, 2.05) is 42.6 Å². The Hall–Kier alpha value is -1.93. The molecule has 2 aromatic heterocycles. The first-order valence-electron chi connectivity index (χ1n) is 5.30. The maximum atomic E-state index is 6.17. The van der Waals surface area contributed by atoms with Gasteiger partial charge in [-0.3, -0.25) is 9.97 Å². The molecule has 0 N–H and O–H groups in total. The third-order valence-corrected chi connectivity index (χ3v) is 3.02. The zero-order valence-electron chi connectivity index (χ0n) is 8.97. The lowest BCUT2D eigenvalue weighted by molar-refractivity contribution is 1.29. The number of benzene rings is 1. The van der Waals surface area contributed by atoms with Crippen LogP contribution in [-0.2, 0) is 0 Å². The fourth-order valence-corrected chi connectivity index (χ4v) is 2.14. The van der Waals surface area contributed by atoms with Gasteiger partial charge in [0.15, 0.2) is 0 Å². The monoisotopic (exact) mass is 240 g/mol. The van der Waals surface area contributed by atoms with Crippen LogP contribution in [0.25, 0.3) is 22.0 Å². The Labute approximate surface area is 104 Å². The molecule has 0 aliphatic rings. The fraction of sp³-hybridized carbons (Fsp3) is 0. The predicted octanol–water partition coefficient (Wildman–Crippen LogP) is 3.95. The molecule has 0 bridgehead atoms. The number of pyridine rings is 2. The van der Waals surface area contributed by atoms with Crippen LogP contribution >= 0.6 is 11.6 Å². The van der Waals surface area contributed by atoms with Crippen LogP contribution in [0.4, 0.5) is 0 Å². The van der Waals surface area contributed by atoms with E-state index in [2.05, 4.69) is 9.97 Å². The molecule has 0 spiro atoms. The summed E-state index contributed by atoms with van der Waals surface area (Å²) in [6.07, 6.45) is 5.33. The van der Waals surface area contributed by atoms with Gasteiger partial charge in [0, 0.05) is 39.9 Å². The fourth-order valence-electron chi connectivity index (χ4n) is 1.90. The van der Waals surface area contributed by atoms with Crippen molar-refractivity contribution in [2.75, 3.05) is 0 Å². The maximum Gasteiger partial charge on any atom is 0.0796 e. The number of halogens is 1. The number of nitrogens with zero attached hydrogens (tertiary/aromatic N) is 2. The first-order valence-corrected chi connectivity index (χ1v) is 5.68. The zero-order chi connectivity index (χ0) is 11.7. The summed E-state index contributed by atoms with van der Waals surface area (Å²) in [4.78, 5) is 8.54. The van der Waals surface area contributed by atoms with Crippen LogP contribution < -0.4 is 0 Å². The Bertz CT molecular complexity index is 665. The van der Waals surface area contributed by atoms with E-state index in [9.17, 15) is 0 Å². The molecule has 0 saturated carbocycles. The van der Waals surface area contributed by atoms with Gasteiger partial charge in [-0.1, -0.05) is 23.7 Å². The van der Waals surface area contributed by atoms with E-state index < -0.39 is 0 Å². The smallest absolute Gasteiger partial charge is 0.0796 e. The van der Waals surface area contributed by atoms with Gasteiger partial charge in [-0.2, -0.15) is 0 Å². The van der Waals surface area contributed by atoms with Crippen molar-refractivity contribution in [3.8, 4) is 11.3 Å². The molecule has 3 rings (SSSR count). The van der Waals surface area contributed by atoms with Gasteiger partial charge in [0.05, 0.1) is 5.69 Å². The van der Waals surface area contributed by atoms with Crippen molar-refractivity contribution in [3.05, 3.63) is 60.0 Å². The van der Waals surface area contributed by atoms with Crippen LogP contribution in [0.15, 0.2) is 55.0 Å². The van der Waals surface area contributed by atoms with Gasteiger partial charge >= 0.3 is 0 Å². The molecule has 0 aliphatic carbocycles. The van der Waals surface area contributed by atoms with Crippen LogP contribution in [0.1, 0.15) is 0 Å². The average Bonchev–Trinajstić information content (AvgIpc) is 2.40. The summed E-state index contributed by atoms with van der Waals surface area (Å²) in [7, 11) is 0. The molecule has 82 valence electrons.